The SMILES string of the molecule is O=c1cc2c(nn1C1COCC1Nc1nc3ccc(F)cc3o1)CCSC2. The van der Waals surface area contributed by atoms with Gasteiger partial charge in [-0.05, 0) is 23.4 Å². The summed E-state index contributed by atoms with van der Waals surface area (Å²) in [6.07, 6.45) is 0.864. The Morgan fingerprint density at radius 1 is 1.30 bits per heavy atom. The third kappa shape index (κ3) is 3.10. The Kier molecular flexibility index (Phi) is 4.13. The average molecular weight is 388 g/mol. The highest BCUT2D eigenvalue weighted by Crippen LogP contribution is 2.26. The van der Waals surface area contributed by atoms with E-state index in [0.717, 1.165) is 29.2 Å². The van der Waals surface area contributed by atoms with Gasteiger partial charge in [0.05, 0.1) is 24.9 Å². The van der Waals surface area contributed by atoms with Crippen LogP contribution in [0.4, 0.5) is 10.4 Å². The number of aryl methyl sites for hydroxylation is 1. The van der Waals surface area contributed by atoms with Crippen molar-refractivity contribution >= 4 is 28.9 Å². The predicted molar refractivity (Wildman–Crippen MR) is 99.6 cm³/mol. The number of hydrogen-bond acceptors (Lipinski definition) is 7. The maximum atomic E-state index is 13.3. The van der Waals surface area contributed by atoms with E-state index in [-0.39, 0.29) is 29.5 Å². The number of benzene rings is 1. The Morgan fingerprint density at radius 2 is 2.22 bits per heavy atom. The monoisotopic (exact) mass is 388 g/mol. The quantitative estimate of drug-likeness (QED) is 0.738. The van der Waals surface area contributed by atoms with Crippen LogP contribution in [-0.2, 0) is 16.9 Å². The fraction of sp³-hybridized carbons (Fsp3) is 0.389. The van der Waals surface area contributed by atoms with Gasteiger partial charge in [-0.1, -0.05) is 0 Å². The summed E-state index contributed by atoms with van der Waals surface area (Å²) >= 11 is 1.82. The van der Waals surface area contributed by atoms with E-state index in [1.54, 1.807) is 12.1 Å². The molecule has 0 bridgehead atoms. The summed E-state index contributed by atoms with van der Waals surface area (Å²) < 4.78 is 26.0. The molecule has 3 aromatic rings. The highest BCUT2D eigenvalue weighted by atomic mass is 32.2. The largest absolute Gasteiger partial charge is 0.423 e. The van der Waals surface area contributed by atoms with Crippen LogP contribution >= 0.6 is 11.8 Å². The van der Waals surface area contributed by atoms with Gasteiger partial charge >= 0.3 is 0 Å². The molecule has 2 unspecified atom stereocenters. The average Bonchev–Trinajstić information content (AvgIpc) is 3.27. The molecule has 140 valence electrons. The van der Waals surface area contributed by atoms with Crippen molar-refractivity contribution in [1.29, 1.82) is 0 Å². The summed E-state index contributed by atoms with van der Waals surface area (Å²) in [6.45, 7) is 0.784. The summed E-state index contributed by atoms with van der Waals surface area (Å²) in [5, 5.41) is 7.79. The Morgan fingerprint density at radius 3 is 3.15 bits per heavy atom. The minimum Gasteiger partial charge on any atom is -0.423 e. The zero-order valence-corrected chi connectivity index (χ0v) is 15.2. The van der Waals surface area contributed by atoms with Crippen molar-refractivity contribution in [2.75, 3.05) is 24.3 Å². The van der Waals surface area contributed by atoms with Crippen molar-refractivity contribution < 1.29 is 13.5 Å². The fourth-order valence-corrected chi connectivity index (χ4v) is 4.46. The van der Waals surface area contributed by atoms with Gasteiger partial charge in [0.2, 0.25) is 0 Å². The first-order valence-corrected chi connectivity index (χ1v) is 9.92. The molecule has 2 aliphatic heterocycles. The van der Waals surface area contributed by atoms with E-state index in [1.807, 2.05) is 11.8 Å². The van der Waals surface area contributed by atoms with Crippen LogP contribution in [0, 0.1) is 5.82 Å². The molecule has 0 saturated carbocycles. The van der Waals surface area contributed by atoms with E-state index in [9.17, 15) is 9.18 Å². The van der Waals surface area contributed by atoms with Crippen LogP contribution in [0.25, 0.3) is 11.1 Å². The van der Waals surface area contributed by atoms with Crippen LogP contribution < -0.4 is 10.9 Å². The number of halogens is 1. The van der Waals surface area contributed by atoms with E-state index in [2.05, 4.69) is 15.4 Å². The predicted octanol–water partition coefficient (Wildman–Crippen LogP) is 2.36. The molecule has 9 heteroatoms. The second kappa shape index (κ2) is 6.65. The number of rotatable bonds is 3. The summed E-state index contributed by atoms with van der Waals surface area (Å²) in [7, 11) is 0. The van der Waals surface area contributed by atoms with Crippen molar-refractivity contribution in [2.45, 2.75) is 24.3 Å². The zero-order chi connectivity index (χ0) is 18.4. The smallest absolute Gasteiger partial charge is 0.296 e. The van der Waals surface area contributed by atoms with E-state index in [0.29, 0.717) is 24.3 Å². The van der Waals surface area contributed by atoms with Crippen molar-refractivity contribution in [3.63, 3.8) is 0 Å². The number of thioether (sulfide) groups is 1. The van der Waals surface area contributed by atoms with Gasteiger partial charge in [-0.2, -0.15) is 21.8 Å². The molecule has 1 aromatic carbocycles. The lowest BCUT2D eigenvalue weighted by Gasteiger charge is -2.22. The van der Waals surface area contributed by atoms with Crippen LogP contribution in [0.15, 0.2) is 33.5 Å². The summed E-state index contributed by atoms with van der Waals surface area (Å²) in [4.78, 5) is 16.9. The van der Waals surface area contributed by atoms with Crippen molar-refractivity contribution in [3.8, 4) is 0 Å². The molecule has 0 amide bonds. The van der Waals surface area contributed by atoms with Gasteiger partial charge in [-0.15, -0.1) is 0 Å². The number of hydrogen-bond donors (Lipinski definition) is 1. The molecule has 4 heterocycles. The summed E-state index contributed by atoms with van der Waals surface area (Å²) in [5.41, 5.74) is 2.82. The number of anilines is 1. The first-order valence-electron chi connectivity index (χ1n) is 8.77. The fourth-order valence-electron chi connectivity index (χ4n) is 3.51. The number of aromatic nitrogens is 3. The van der Waals surface area contributed by atoms with Crippen LogP contribution in [0.3, 0.4) is 0 Å². The number of fused-ring (bicyclic) bond motifs is 2. The van der Waals surface area contributed by atoms with Crippen LogP contribution in [0.5, 0.6) is 0 Å². The first kappa shape index (κ1) is 16.8. The molecule has 1 N–H and O–H groups in total. The minimum absolute atomic E-state index is 0.127. The van der Waals surface area contributed by atoms with Crippen LogP contribution in [-0.4, -0.2) is 39.8 Å². The molecular formula is C18H17FN4O3S. The molecule has 27 heavy (non-hydrogen) atoms. The van der Waals surface area contributed by atoms with Gasteiger partial charge in [0.25, 0.3) is 11.6 Å². The molecule has 0 aliphatic carbocycles. The number of ether oxygens (including phenoxy) is 1. The minimum atomic E-state index is -0.379. The molecule has 1 saturated heterocycles. The number of nitrogens with one attached hydrogen (secondary N) is 1. The van der Waals surface area contributed by atoms with Gasteiger partial charge in [-0.25, -0.2) is 9.07 Å². The number of nitrogens with zero attached hydrogens (tertiary/aromatic N) is 3. The van der Waals surface area contributed by atoms with Gasteiger partial charge in [0.1, 0.15) is 17.4 Å². The third-order valence-electron chi connectivity index (χ3n) is 4.89. The van der Waals surface area contributed by atoms with Gasteiger partial charge in [-0.3, -0.25) is 4.79 Å². The summed E-state index contributed by atoms with van der Waals surface area (Å²) in [5.74, 6) is 1.47. The second-order valence-corrected chi connectivity index (χ2v) is 7.79. The Labute approximate surface area is 157 Å². The molecule has 2 atom stereocenters. The van der Waals surface area contributed by atoms with Gasteiger partial charge < -0.3 is 14.5 Å². The molecule has 0 spiro atoms. The Balaban J connectivity index is 1.44. The van der Waals surface area contributed by atoms with E-state index < -0.39 is 0 Å². The van der Waals surface area contributed by atoms with Crippen molar-refractivity contribution in [2.24, 2.45) is 0 Å². The Hall–Kier alpha value is -2.39. The molecule has 7 nitrogen and oxygen atoms in total. The topological polar surface area (TPSA) is 82.2 Å². The Bertz CT molecular complexity index is 1070. The second-order valence-electron chi connectivity index (χ2n) is 6.69. The third-order valence-corrected chi connectivity index (χ3v) is 5.90. The summed E-state index contributed by atoms with van der Waals surface area (Å²) in [6, 6.07) is 5.68. The van der Waals surface area contributed by atoms with Crippen molar-refractivity contribution in [3.05, 3.63) is 51.7 Å². The van der Waals surface area contributed by atoms with Gasteiger partial charge in [0.15, 0.2) is 5.58 Å². The van der Waals surface area contributed by atoms with Crippen LogP contribution in [0.1, 0.15) is 17.3 Å². The highest BCUT2D eigenvalue weighted by molar-refractivity contribution is 7.98. The first-order chi connectivity index (χ1) is 13.2. The molecule has 1 fully saturated rings. The van der Waals surface area contributed by atoms with E-state index in [1.165, 1.54) is 16.8 Å². The lowest BCUT2D eigenvalue weighted by Crippen LogP contribution is -2.38. The maximum absolute atomic E-state index is 13.3. The molecule has 0 radical (unpaired) electrons. The standard InChI is InChI=1S/C18H17FN4O3S/c19-11-1-2-13-16(6-11)26-18(20-13)21-14-7-25-8-15(14)23-17(24)5-10-9-27-4-3-12(10)22-23/h1-2,5-6,14-15H,3-4,7-9H2,(H,20,21). The molecular weight excluding hydrogens is 371 g/mol. The van der Waals surface area contributed by atoms with Crippen molar-refractivity contribution in [1.82, 2.24) is 14.8 Å². The lowest BCUT2D eigenvalue weighted by molar-refractivity contribution is 0.182. The van der Waals surface area contributed by atoms with Crippen LogP contribution in [0.2, 0.25) is 0 Å². The van der Waals surface area contributed by atoms with E-state index >= 15 is 0 Å². The maximum Gasteiger partial charge on any atom is 0.296 e. The lowest BCUT2D eigenvalue weighted by atomic mass is 10.1. The zero-order valence-electron chi connectivity index (χ0n) is 14.4. The van der Waals surface area contributed by atoms with E-state index in [4.69, 9.17) is 9.15 Å². The van der Waals surface area contributed by atoms with Gasteiger partial charge in [0, 0.05) is 24.3 Å². The molecule has 2 aromatic heterocycles. The highest BCUT2D eigenvalue weighted by Gasteiger charge is 2.33. The number of oxazole rings is 1. The normalized spacial score (nSPS) is 22.1. The molecule has 5 rings (SSSR count). The molecule has 2 aliphatic rings.